The fourth-order valence-electron chi connectivity index (χ4n) is 3.10. The minimum Gasteiger partial charge on any atom is -0.371 e. The van der Waals surface area contributed by atoms with E-state index in [4.69, 9.17) is 5.73 Å². The predicted octanol–water partition coefficient (Wildman–Crippen LogP) is 1.01. The first-order valence-corrected chi connectivity index (χ1v) is 8.63. The fraction of sp³-hybridized carbons (Fsp3) is 0.316. The second-order valence-electron chi connectivity index (χ2n) is 6.48. The highest BCUT2D eigenvalue weighted by Gasteiger charge is 2.24. The molecule has 1 aromatic carbocycles. The second kappa shape index (κ2) is 7.86. The van der Waals surface area contributed by atoms with E-state index >= 15 is 0 Å². The van der Waals surface area contributed by atoms with Gasteiger partial charge in [-0.15, -0.1) is 0 Å². The number of rotatable bonds is 5. The number of nitrogens with two attached hydrogens (primary N) is 1. The molecule has 26 heavy (non-hydrogen) atoms. The largest absolute Gasteiger partial charge is 0.371 e. The molecule has 2 amide bonds. The van der Waals surface area contributed by atoms with Crippen LogP contribution in [0.2, 0.25) is 0 Å². The van der Waals surface area contributed by atoms with Gasteiger partial charge in [-0.05, 0) is 36.6 Å². The van der Waals surface area contributed by atoms with Crippen molar-refractivity contribution in [3.63, 3.8) is 0 Å². The number of carbonyl (C=O) groups excluding carboxylic acids is 2. The highest BCUT2D eigenvalue weighted by molar-refractivity contribution is 5.93. The van der Waals surface area contributed by atoms with Gasteiger partial charge < -0.3 is 20.9 Å². The number of benzene rings is 1. The van der Waals surface area contributed by atoms with E-state index in [0.717, 1.165) is 30.6 Å². The summed E-state index contributed by atoms with van der Waals surface area (Å²) in [4.78, 5) is 39.1. The lowest BCUT2D eigenvalue weighted by Gasteiger charge is -2.33. The zero-order valence-corrected chi connectivity index (χ0v) is 14.4. The summed E-state index contributed by atoms with van der Waals surface area (Å²) in [5.41, 5.74) is 7.61. The van der Waals surface area contributed by atoms with Gasteiger partial charge in [0.1, 0.15) is 0 Å². The molecule has 2 heterocycles. The molecule has 4 N–H and O–H groups in total. The van der Waals surface area contributed by atoms with E-state index in [9.17, 15) is 14.4 Å². The number of hydrogen-bond donors (Lipinski definition) is 3. The van der Waals surface area contributed by atoms with Crippen LogP contribution < -0.4 is 21.5 Å². The number of H-pyrrole nitrogens is 1. The van der Waals surface area contributed by atoms with Gasteiger partial charge in [0, 0.05) is 37.6 Å². The van der Waals surface area contributed by atoms with E-state index in [0.29, 0.717) is 18.7 Å². The van der Waals surface area contributed by atoms with Gasteiger partial charge in [-0.3, -0.25) is 14.4 Å². The first-order chi connectivity index (χ1) is 12.5. The van der Waals surface area contributed by atoms with Crippen LogP contribution >= 0.6 is 0 Å². The van der Waals surface area contributed by atoms with Crippen molar-refractivity contribution >= 4 is 17.5 Å². The van der Waals surface area contributed by atoms with Gasteiger partial charge in [-0.1, -0.05) is 12.1 Å². The average Bonchev–Trinajstić information content (AvgIpc) is 2.67. The standard InChI is InChI=1S/C19H22N4O3/c20-18(25)15-2-1-9-23(12-15)16-6-3-13(4-7-16)10-22-19(26)14-5-8-17(24)21-11-14/h3-8,11,15H,1-2,9-10,12H2,(H2,20,25)(H,21,24)(H,22,26). The van der Waals surface area contributed by atoms with E-state index in [-0.39, 0.29) is 23.3 Å². The molecule has 0 spiro atoms. The number of anilines is 1. The van der Waals surface area contributed by atoms with E-state index in [1.54, 1.807) is 0 Å². The lowest BCUT2D eigenvalue weighted by atomic mass is 9.97. The number of amides is 2. The number of carbonyl (C=O) groups is 2. The molecule has 1 atom stereocenters. The third-order valence-electron chi connectivity index (χ3n) is 4.62. The molecular formula is C19H22N4O3. The zero-order valence-electron chi connectivity index (χ0n) is 14.4. The summed E-state index contributed by atoms with van der Waals surface area (Å²) in [5, 5.41) is 2.82. The predicted molar refractivity (Wildman–Crippen MR) is 98.8 cm³/mol. The normalized spacial score (nSPS) is 16.9. The topological polar surface area (TPSA) is 108 Å². The van der Waals surface area contributed by atoms with Gasteiger partial charge in [0.05, 0.1) is 11.5 Å². The lowest BCUT2D eigenvalue weighted by molar-refractivity contribution is -0.122. The number of piperidine rings is 1. The van der Waals surface area contributed by atoms with Gasteiger partial charge in [0.2, 0.25) is 11.5 Å². The molecule has 3 rings (SSSR count). The van der Waals surface area contributed by atoms with E-state index < -0.39 is 0 Å². The Bertz CT molecular complexity index is 824. The molecule has 1 aromatic heterocycles. The first kappa shape index (κ1) is 17.7. The van der Waals surface area contributed by atoms with Crippen LogP contribution in [0.1, 0.15) is 28.8 Å². The van der Waals surface area contributed by atoms with Crippen molar-refractivity contribution in [1.82, 2.24) is 10.3 Å². The molecule has 1 fully saturated rings. The minimum absolute atomic E-state index is 0.0972. The summed E-state index contributed by atoms with van der Waals surface area (Å²) < 4.78 is 0. The van der Waals surface area contributed by atoms with Gasteiger partial charge >= 0.3 is 0 Å². The van der Waals surface area contributed by atoms with Crippen molar-refractivity contribution in [2.75, 3.05) is 18.0 Å². The van der Waals surface area contributed by atoms with Crippen LogP contribution in [0, 0.1) is 5.92 Å². The Balaban J connectivity index is 1.57. The monoisotopic (exact) mass is 354 g/mol. The van der Waals surface area contributed by atoms with Gasteiger partial charge in [-0.2, -0.15) is 0 Å². The van der Waals surface area contributed by atoms with Crippen molar-refractivity contribution in [2.45, 2.75) is 19.4 Å². The summed E-state index contributed by atoms with van der Waals surface area (Å²) in [6.07, 6.45) is 3.19. The maximum absolute atomic E-state index is 12.1. The fourth-order valence-corrected chi connectivity index (χ4v) is 3.10. The molecule has 2 aromatic rings. The van der Waals surface area contributed by atoms with Crippen LogP contribution in [-0.4, -0.2) is 29.9 Å². The summed E-state index contributed by atoms with van der Waals surface area (Å²) in [5.74, 6) is -0.582. The number of pyridine rings is 1. The number of nitrogens with zero attached hydrogens (tertiary/aromatic N) is 1. The van der Waals surface area contributed by atoms with Crippen molar-refractivity contribution in [1.29, 1.82) is 0 Å². The Morgan fingerprint density at radius 2 is 1.96 bits per heavy atom. The van der Waals surface area contributed by atoms with Gasteiger partial charge in [0.25, 0.3) is 5.91 Å². The lowest BCUT2D eigenvalue weighted by Crippen LogP contribution is -2.41. The van der Waals surface area contributed by atoms with Crippen LogP contribution in [0.3, 0.4) is 0 Å². The van der Waals surface area contributed by atoms with Crippen molar-refractivity contribution in [2.24, 2.45) is 11.7 Å². The molecule has 1 aliphatic heterocycles. The number of hydrogen-bond acceptors (Lipinski definition) is 4. The van der Waals surface area contributed by atoms with Gasteiger partial charge in [0.15, 0.2) is 0 Å². The number of aromatic amines is 1. The quantitative estimate of drug-likeness (QED) is 0.744. The second-order valence-corrected chi connectivity index (χ2v) is 6.48. The molecule has 0 bridgehead atoms. The third-order valence-corrected chi connectivity index (χ3v) is 4.62. The molecule has 0 radical (unpaired) electrons. The SMILES string of the molecule is NC(=O)C1CCCN(c2ccc(CNC(=O)c3ccc(=O)[nH]c3)cc2)C1. The van der Waals surface area contributed by atoms with Crippen LogP contribution in [0.4, 0.5) is 5.69 Å². The number of aromatic nitrogens is 1. The highest BCUT2D eigenvalue weighted by Crippen LogP contribution is 2.23. The highest BCUT2D eigenvalue weighted by atomic mass is 16.2. The van der Waals surface area contributed by atoms with Crippen LogP contribution in [-0.2, 0) is 11.3 Å². The Labute approximate surface area is 151 Å². The Morgan fingerprint density at radius 1 is 1.19 bits per heavy atom. The maximum atomic E-state index is 12.1. The molecule has 7 nitrogen and oxygen atoms in total. The minimum atomic E-state index is -0.245. The summed E-state index contributed by atoms with van der Waals surface area (Å²) >= 11 is 0. The Hall–Kier alpha value is -3.09. The molecule has 0 aliphatic carbocycles. The summed E-state index contributed by atoms with van der Waals surface area (Å²) in [6, 6.07) is 10.7. The first-order valence-electron chi connectivity index (χ1n) is 8.63. The molecule has 1 unspecified atom stereocenters. The van der Waals surface area contributed by atoms with E-state index in [1.807, 2.05) is 24.3 Å². The molecule has 1 aliphatic rings. The zero-order chi connectivity index (χ0) is 18.5. The molecule has 0 saturated carbocycles. The average molecular weight is 354 g/mol. The van der Waals surface area contributed by atoms with E-state index in [2.05, 4.69) is 15.2 Å². The Morgan fingerprint density at radius 3 is 2.62 bits per heavy atom. The molecule has 136 valence electrons. The van der Waals surface area contributed by atoms with Crippen LogP contribution in [0.15, 0.2) is 47.4 Å². The van der Waals surface area contributed by atoms with Gasteiger partial charge in [-0.25, -0.2) is 0 Å². The van der Waals surface area contributed by atoms with Crippen molar-refractivity contribution < 1.29 is 9.59 Å². The summed E-state index contributed by atoms with van der Waals surface area (Å²) in [7, 11) is 0. The van der Waals surface area contributed by atoms with Crippen molar-refractivity contribution in [3.05, 3.63) is 64.1 Å². The number of nitrogens with one attached hydrogen (secondary N) is 2. The van der Waals surface area contributed by atoms with Crippen LogP contribution in [0.5, 0.6) is 0 Å². The smallest absolute Gasteiger partial charge is 0.253 e. The third kappa shape index (κ3) is 4.30. The number of primary amides is 1. The Kier molecular flexibility index (Phi) is 5.36. The van der Waals surface area contributed by atoms with Crippen LogP contribution in [0.25, 0.3) is 0 Å². The van der Waals surface area contributed by atoms with Crippen molar-refractivity contribution in [3.8, 4) is 0 Å². The molecule has 1 saturated heterocycles. The molecule has 7 heteroatoms. The van der Waals surface area contributed by atoms with E-state index in [1.165, 1.54) is 18.3 Å². The maximum Gasteiger partial charge on any atom is 0.253 e. The summed E-state index contributed by atoms with van der Waals surface area (Å²) in [6.45, 7) is 1.95. The molecular weight excluding hydrogens is 332 g/mol.